The molecule has 1 aromatic rings. The number of benzene rings is 1. The van der Waals surface area contributed by atoms with E-state index in [0.29, 0.717) is 27.2 Å². The van der Waals surface area contributed by atoms with Crippen molar-refractivity contribution in [1.82, 2.24) is 0 Å². The summed E-state index contributed by atoms with van der Waals surface area (Å²) in [4.78, 5) is 12.0. The maximum Gasteiger partial charge on any atom is 0.227 e. The Morgan fingerprint density at radius 3 is 2.44 bits per heavy atom. The Bertz CT molecular complexity index is 479. The lowest BCUT2D eigenvalue weighted by Crippen LogP contribution is -2.23. The normalized spacial score (nSPS) is 23.1. The van der Waals surface area contributed by atoms with Crippen molar-refractivity contribution in [2.75, 3.05) is 5.32 Å². The lowest BCUT2D eigenvalue weighted by molar-refractivity contribution is -0.119. The maximum absolute atomic E-state index is 12.0. The zero-order valence-corrected chi connectivity index (χ0v) is 11.8. The van der Waals surface area contributed by atoms with Crippen LogP contribution < -0.4 is 11.1 Å². The van der Waals surface area contributed by atoms with Gasteiger partial charge in [0, 0.05) is 12.0 Å². The van der Waals surface area contributed by atoms with Crippen molar-refractivity contribution in [3.63, 3.8) is 0 Å². The molecule has 1 aliphatic rings. The summed E-state index contributed by atoms with van der Waals surface area (Å²) in [6.45, 7) is 0. The number of anilines is 1. The highest BCUT2D eigenvalue weighted by molar-refractivity contribution is 6.44. The molecule has 0 aliphatic heterocycles. The number of nitrogens with two attached hydrogens (primary N) is 1. The van der Waals surface area contributed by atoms with E-state index < -0.39 is 0 Å². The molecule has 2 unspecified atom stereocenters. The molecule has 1 saturated carbocycles. The highest BCUT2D eigenvalue weighted by atomic mass is 35.5. The van der Waals surface area contributed by atoms with Crippen molar-refractivity contribution < 1.29 is 4.79 Å². The maximum atomic E-state index is 12.0. The molecular formula is C12H13Cl3N2O. The van der Waals surface area contributed by atoms with Crippen LogP contribution in [0.4, 0.5) is 5.69 Å². The predicted octanol–water partition coefficient (Wildman–Crippen LogP) is 3.71. The topological polar surface area (TPSA) is 55.1 Å². The van der Waals surface area contributed by atoms with Gasteiger partial charge in [0.25, 0.3) is 0 Å². The van der Waals surface area contributed by atoms with Crippen molar-refractivity contribution in [1.29, 1.82) is 0 Å². The number of carbonyl (C=O) groups excluding carboxylic acids is 1. The van der Waals surface area contributed by atoms with Crippen molar-refractivity contribution in [3.05, 3.63) is 27.2 Å². The molecule has 0 spiro atoms. The number of rotatable bonds is 2. The molecule has 18 heavy (non-hydrogen) atoms. The molecule has 2 rings (SSSR count). The average Bonchev–Trinajstić information content (AvgIpc) is 2.73. The lowest BCUT2D eigenvalue weighted by atomic mass is 10.1. The Morgan fingerprint density at radius 1 is 1.17 bits per heavy atom. The third-order valence-corrected chi connectivity index (χ3v) is 4.15. The fourth-order valence-electron chi connectivity index (χ4n) is 2.11. The van der Waals surface area contributed by atoms with E-state index in [4.69, 9.17) is 40.5 Å². The van der Waals surface area contributed by atoms with Gasteiger partial charge < -0.3 is 11.1 Å². The SMILES string of the molecule is NC1CCC(C(=O)Nc2cc(Cl)c(Cl)cc2Cl)C1. The average molecular weight is 308 g/mol. The van der Waals surface area contributed by atoms with Gasteiger partial charge in [-0.15, -0.1) is 0 Å². The van der Waals surface area contributed by atoms with Crippen LogP contribution in [0.25, 0.3) is 0 Å². The fourth-order valence-corrected chi connectivity index (χ4v) is 2.70. The second-order valence-electron chi connectivity index (χ2n) is 4.51. The number of hydrogen-bond donors (Lipinski definition) is 2. The molecule has 6 heteroatoms. The summed E-state index contributed by atoms with van der Waals surface area (Å²) in [5.41, 5.74) is 6.27. The molecule has 1 fully saturated rings. The van der Waals surface area contributed by atoms with Gasteiger partial charge in [0.15, 0.2) is 0 Å². The molecule has 0 bridgehead atoms. The second kappa shape index (κ2) is 5.66. The third kappa shape index (κ3) is 3.09. The molecule has 2 atom stereocenters. The summed E-state index contributed by atoms with van der Waals surface area (Å²) in [5.74, 6) is -0.117. The number of halogens is 3. The zero-order chi connectivity index (χ0) is 13.3. The minimum absolute atomic E-state index is 0.0504. The van der Waals surface area contributed by atoms with Crippen molar-refractivity contribution in [2.45, 2.75) is 25.3 Å². The van der Waals surface area contributed by atoms with E-state index in [2.05, 4.69) is 5.32 Å². The molecule has 98 valence electrons. The minimum atomic E-state index is -0.0664. The van der Waals surface area contributed by atoms with Gasteiger partial charge in [-0.2, -0.15) is 0 Å². The van der Waals surface area contributed by atoms with E-state index >= 15 is 0 Å². The van der Waals surface area contributed by atoms with Crippen LogP contribution in [-0.2, 0) is 4.79 Å². The third-order valence-electron chi connectivity index (χ3n) is 3.11. The molecule has 0 heterocycles. The number of hydrogen-bond acceptors (Lipinski definition) is 2. The van der Waals surface area contributed by atoms with Gasteiger partial charge in [-0.1, -0.05) is 34.8 Å². The first-order valence-electron chi connectivity index (χ1n) is 5.68. The van der Waals surface area contributed by atoms with E-state index in [-0.39, 0.29) is 17.9 Å². The molecule has 0 aromatic heterocycles. The highest BCUT2D eigenvalue weighted by Crippen LogP contribution is 2.33. The van der Waals surface area contributed by atoms with Crippen LogP contribution in [0, 0.1) is 5.92 Å². The van der Waals surface area contributed by atoms with Crippen LogP contribution in [0.2, 0.25) is 15.1 Å². The van der Waals surface area contributed by atoms with E-state index in [1.807, 2.05) is 0 Å². The van der Waals surface area contributed by atoms with E-state index in [1.54, 1.807) is 6.07 Å². The van der Waals surface area contributed by atoms with E-state index in [0.717, 1.165) is 12.8 Å². The van der Waals surface area contributed by atoms with Crippen LogP contribution in [-0.4, -0.2) is 11.9 Å². The molecule has 0 saturated heterocycles. The van der Waals surface area contributed by atoms with Crippen LogP contribution in [0.5, 0.6) is 0 Å². The number of amides is 1. The standard InChI is InChI=1S/C12H13Cl3N2O/c13-8-4-10(15)11(5-9(8)14)17-12(18)6-1-2-7(16)3-6/h4-7H,1-3,16H2,(H,17,18). The molecule has 0 radical (unpaired) electrons. The highest BCUT2D eigenvalue weighted by Gasteiger charge is 2.28. The largest absolute Gasteiger partial charge is 0.328 e. The predicted molar refractivity (Wildman–Crippen MR) is 75.4 cm³/mol. The summed E-state index contributed by atoms with van der Waals surface area (Å²) in [7, 11) is 0. The Hall–Kier alpha value is -0.480. The monoisotopic (exact) mass is 306 g/mol. The van der Waals surface area contributed by atoms with Crippen LogP contribution >= 0.6 is 34.8 Å². The summed E-state index contributed by atoms with van der Waals surface area (Å²) in [5, 5.41) is 3.87. The van der Waals surface area contributed by atoms with Gasteiger partial charge in [-0.05, 0) is 31.4 Å². The smallest absolute Gasteiger partial charge is 0.227 e. The minimum Gasteiger partial charge on any atom is -0.328 e. The fraction of sp³-hybridized carbons (Fsp3) is 0.417. The van der Waals surface area contributed by atoms with Crippen molar-refractivity contribution in [2.24, 2.45) is 11.7 Å². The number of carbonyl (C=O) groups is 1. The van der Waals surface area contributed by atoms with E-state index in [9.17, 15) is 4.79 Å². The Balaban J connectivity index is 2.09. The summed E-state index contributed by atoms with van der Waals surface area (Å²) in [6, 6.07) is 3.19. The van der Waals surface area contributed by atoms with E-state index in [1.165, 1.54) is 6.07 Å². The van der Waals surface area contributed by atoms with Gasteiger partial charge >= 0.3 is 0 Å². The molecule has 1 aliphatic carbocycles. The molecular weight excluding hydrogens is 295 g/mol. The first-order chi connectivity index (χ1) is 8.47. The lowest BCUT2D eigenvalue weighted by Gasteiger charge is -2.12. The van der Waals surface area contributed by atoms with Gasteiger partial charge in [-0.25, -0.2) is 0 Å². The number of nitrogens with one attached hydrogen (secondary N) is 1. The molecule has 1 aromatic carbocycles. The van der Waals surface area contributed by atoms with Gasteiger partial charge in [-0.3, -0.25) is 4.79 Å². The summed E-state index contributed by atoms with van der Waals surface area (Å²) < 4.78 is 0. The Morgan fingerprint density at radius 2 is 1.83 bits per heavy atom. The Kier molecular flexibility index (Phi) is 4.38. The van der Waals surface area contributed by atoms with Gasteiger partial charge in [0.1, 0.15) is 0 Å². The van der Waals surface area contributed by atoms with Crippen LogP contribution in [0.1, 0.15) is 19.3 Å². The first kappa shape index (κ1) is 13.9. The summed E-state index contributed by atoms with van der Waals surface area (Å²) in [6.07, 6.45) is 2.41. The van der Waals surface area contributed by atoms with Crippen molar-refractivity contribution >= 4 is 46.4 Å². The van der Waals surface area contributed by atoms with Crippen LogP contribution in [0.15, 0.2) is 12.1 Å². The second-order valence-corrected chi connectivity index (χ2v) is 5.73. The van der Waals surface area contributed by atoms with Crippen molar-refractivity contribution in [3.8, 4) is 0 Å². The van der Waals surface area contributed by atoms with Gasteiger partial charge in [0.2, 0.25) is 5.91 Å². The van der Waals surface area contributed by atoms with Crippen LogP contribution in [0.3, 0.4) is 0 Å². The summed E-state index contributed by atoms with van der Waals surface area (Å²) >= 11 is 17.7. The zero-order valence-electron chi connectivity index (χ0n) is 9.55. The molecule has 1 amide bonds. The first-order valence-corrected chi connectivity index (χ1v) is 6.81. The molecule has 3 nitrogen and oxygen atoms in total. The van der Waals surface area contributed by atoms with Gasteiger partial charge in [0.05, 0.1) is 20.8 Å². The quantitative estimate of drug-likeness (QED) is 0.818. The molecule has 3 N–H and O–H groups in total. The Labute approximate surface area is 121 Å².